The first-order valence-corrected chi connectivity index (χ1v) is 6.42. The van der Waals surface area contributed by atoms with Crippen LogP contribution in [0.25, 0.3) is 10.3 Å². The van der Waals surface area contributed by atoms with Gasteiger partial charge in [0.2, 0.25) is 5.76 Å². The number of carboxylic acids is 1. The van der Waals surface area contributed by atoms with E-state index in [0.717, 1.165) is 16.0 Å². The molecule has 0 fully saturated rings. The highest BCUT2D eigenvalue weighted by Crippen LogP contribution is 2.23. The van der Waals surface area contributed by atoms with Crippen LogP contribution in [0.5, 0.6) is 5.75 Å². The van der Waals surface area contributed by atoms with E-state index in [4.69, 9.17) is 18.7 Å². The molecule has 2 aromatic heterocycles. The van der Waals surface area contributed by atoms with Gasteiger partial charge in [-0.3, -0.25) is 0 Å². The molecule has 0 amide bonds. The van der Waals surface area contributed by atoms with Crippen molar-refractivity contribution in [3.8, 4) is 5.75 Å². The van der Waals surface area contributed by atoms with Gasteiger partial charge < -0.3 is 18.7 Å². The Morgan fingerprint density at radius 1 is 1.25 bits per heavy atom. The predicted octanol–water partition coefficient (Wildman–Crippen LogP) is 2.72. The molecule has 20 heavy (non-hydrogen) atoms. The Bertz CT molecular complexity index is 825. The largest absolute Gasteiger partial charge is 0.486 e. The monoisotopic (exact) mass is 292 g/mol. The molecule has 6 nitrogen and oxygen atoms in total. The van der Waals surface area contributed by atoms with E-state index in [1.165, 1.54) is 12.1 Å². The van der Waals surface area contributed by atoms with Crippen LogP contribution in [0.4, 0.5) is 0 Å². The number of furan rings is 1. The molecule has 1 aromatic carbocycles. The quantitative estimate of drug-likeness (QED) is 0.795. The first-order chi connectivity index (χ1) is 9.61. The lowest BCUT2D eigenvalue weighted by atomic mass is 10.3. The summed E-state index contributed by atoms with van der Waals surface area (Å²) in [7, 11) is 0. The first kappa shape index (κ1) is 12.5. The molecule has 0 aliphatic carbocycles. The molecule has 1 N–H and O–H groups in total. The van der Waals surface area contributed by atoms with Gasteiger partial charge in [0.15, 0.2) is 5.58 Å². The van der Waals surface area contributed by atoms with Gasteiger partial charge in [-0.2, -0.15) is 0 Å². The summed E-state index contributed by atoms with van der Waals surface area (Å²) in [6.07, 6.45) is 0. The van der Waals surface area contributed by atoms with Gasteiger partial charge in [-0.25, -0.2) is 9.59 Å². The molecule has 0 bridgehead atoms. The molecule has 0 spiro atoms. The van der Waals surface area contributed by atoms with E-state index >= 15 is 0 Å². The molecule has 0 aliphatic rings. The highest BCUT2D eigenvalue weighted by molar-refractivity contribution is 7.16. The van der Waals surface area contributed by atoms with E-state index in [9.17, 15) is 9.59 Å². The van der Waals surface area contributed by atoms with E-state index in [2.05, 4.69) is 0 Å². The van der Waals surface area contributed by atoms with Crippen LogP contribution in [0, 0.1) is 0 Å². The molecule has 7 heteroatoms. The fourth-order valence-electron chi connectivity index (χ4n) is 1.67. The predicted molar refractivity (Wildman–Crippen MR) is 70.4 cm³/mol. The van der Waals surface area contributed by atoms with E-state index in [-0.39, 0.29) is 17.3 Å². The highest BCUT2D eigenvalue weighted by Gasteiger charge is 2.10. The second-order valence-electron chi connectivity index (χ2n) is 3.92. The summed E-state index contributed by atoms with van der Waals surface area (Å²) in [5.74, 6) is -0.359. The third-order valence-corrected chi connectivity index (χ3v) is 3.36. The first-order valence-electron chi connectivity index (χ1n) is 5.60. The van der Waals surface area contributed by atoms with Gasteiger partial charge in [-0.1, -0.05) is 11.3 Å². The third-order valence-electron chi connectivity index (χ3n) is 2.56. The molecular formula is C13H8O6S. The summed E-state index contributed by atoms with van der Waals surface area (Å²) in [4.78, 5) is 21.4. The van der Waals surface area contributed by atoms with Crippen LogP contribution in [-0.2, 0) is 6.61 Å². The SMILES string of the molecule is O=C(O)c1ccc(COc2ccc3sc(=O)oc3c2)o1. The van der Waals surface area contributed by atoms with Crippen LogP contribution in [0.3, 0.4) is 0 Å². The molecule has 3 aromatic rings. The summed E-state index contributed by atoms with van der Waals surface area (Å²) in [5.41, 5.74) is 0.461. The van der Waals surface area contributed by atoms with Crippen molar-refractivity contribution in [2.75, 3.05) is 0 Å². The third kappa shape index (κ3) is 2.43. The Labute approximate surface area is 115 Å². The lowest BCUT2D eigenvalue weighted by Gasteiger charge is -2.03. The van der Waals surface area contributed by atoms with Crippen molar-refractivity contribution in [2.45, 2.75) is 6.61 Å². The number of hydrogen-bond acceptors (Lipinski definition) is 6. The van der Waals surface area contributed by atoms with Gasteiger partial charge in [0, 0.05) is 6.07 Å². The van der Waals surface area contributed by atoms with Gasteiger partial charge >= 0.3 is 10.9 Å². The number of rotatable bonds is 4. The number of carbonyl (C=O) groups is 1. The molecule has 0 saturated heterocycles. The molecule has 0 unspecified atom stereocenters. The standard InChI is InChI=1S/C13H8O6S/c14-12(15)9-3-1-8(18-9)6-17-7-2-4-11-10(5-7)19-13(16)20-11/h1-5H,6H2,(H,14,15). The molecule has 0 radical (unpaired) electrons. The molecule has 0 atom stereocenters. The molecular weight excluding hydrogens is 284 g/mol. The van der Waals surface area contributed by atoms with Crippen LogP contribution >= 0.6 is 11.3 Å². The van der Waals surface area contributed by atoms with Crippen LogP contribution in [0.1, 0.15) is 16.3 Å². The molecule has 102 valence electrons. The summed E-state index contributed by atoms with van der Waals surface area (Å²) in [6, 6.07) is 7.93. The molecule has 2 heterocycles. The lowest BCUT2D eigenvalue weighted by Crippen LogP contribution is -1.95. The number of aromatic carboxylic acids is 1. The number of fused-ring (bicyclic) bond motifs is 1. The van der Waals surface area contributed by atoms with Crippen LogP contribution in [-0.4, -0.2) is 11.1 Å². The molecule has 3 rings (SSSR count). The maximum atomic E-state index is 11.1. The second kappa shape index (κ2) is 4.86. The normalized spacial score (nSPS) is 10.8. The minimum Gasteiger partial charge on any atom is -0.486 e. The Hall–Kier alpha value is -2.54. The van der Waals surface area contributed by atoms with Crippen LogP contribution in [0.15, 0.2) is 44.0 Å². The molecule has 0 saturated carbocycles. The van der Waals surface area contributed by atoms with Crippen molar-refractivity contribution < 1.29 is 23.5 Å². The van der Waals surface area contributed by atoms with Crippen LogP contribution < -0.4 is 9.68 Å². The van der Waals surface area contributed by atoms with Crippen molar-refractivity contribution in [2.24, 2.45) is 0 Å². The minimum atomic E-state index is -1.13. The van der Waals surface area contributed by atoms with Crippen molar-refractivity contribution in [3.63, 3.8) is 0 Å². The van der Waals surface area contributed by atoms with Gasteiger partial charge in [0.25, 0.3) is 0 Å². The van der Waals surface area contributed by atoms with Crippen molar-refractivity contribution >= 4 is 27.6 Å². The highest BCUT2D eigenvalue weighted by atomic mass is 32.1. The van der Waals surface area contributed by atoms with Gasteiger partial charge in [-0.15, -0.1) is 0 Å². The topological polar surface area (TPSA) is 89.9 Å². The maximum absolute atomic E-state index is 11.1. The van der Waals surface area contributed by atoms with Gasteiger partial charge in [0.05, 0.1) is 4.70 Å². The summed E-state index contributed by atoms with van der Waals surface area (Å²) < 4.78 is 16.2. The number of ether oxygens (including phenoxy) is 1. The summed E-state index contributed by atoms with van der Waals surface area (Å²) in [5, 5.41) is 8.73. The average Bonchev–Trinajstić information content (AvgIpc) is 3.00. The zero-order valence-corrected chi connectivity index (χ0v) is 10.8. The van der Waals surface area contributed by atoms with Crippen molar-refractivity contribution in [1.29, 1.82) is 0 Å². The fraction of sp³-hybridized carbons (Fsp3) is 0.0769. The average molecular weight is 292 g/mol. The number of benzene rings is 1. The van der Waals surface area contributed by atoms with Crippen LogP contribution in [0.2, 0.25) is 0 Å². The zero-order valence-electron chi connectivity index (χ0n) is 9.99. The maximum Gasteiger partial charge on any atom is 0.396 e. The van der Waals surface area contributed by atoms with Crippen molar-refractivity contribution in [3.05, 3.63) is 51.6 Å². The van der Waals surface area contributed by atoms with Gasteiger partial charge in [0.1, 0.15) is 18.1 Å². The minimum absolute atomic E-state index is 0.0904. The Kier molecular flexibility index (Phi) is 3.03. The van der Waals surface area contributed by atoms with Crippen molar-refractivity contribution in [1.82, 2.24) is 0 Å². The van der Waals surface area contributed by atoms with Gasteiger partial charge in [-0.05, 0) is 24.3 Å². The second-order valence-corrected chi connectivity index (χ2v) is 4.90. The smallest absolute Gasteiger partial charge is 0.396 e. The Morgan fingerprint density at radius 3 is 2.85 bits per heavy atom. The fourth-order valence-corrected chi connectivity index (χ4v) is 2.32. The Morgan fingerprint density at radius 2 is 2.10 bits per heavy atom. The van der Waals surface area contributed by atoms with E-state index < -0.39 is 5.97 Å². The number of carboxylic acid groups (broad SMARTS) is 1. The van der Waals surface area contributed by atoms with E-state index in [0.29, 0.717) is 17.1 Å². The summed E-state index contributed by atoms with van der Waals surface area (Å²) in [6.45, 7) is 0.0904. The lowest BCUT2D eigenvalue weighted by molar-refractivity contribution is 0.0658. The summed E-state index contributed by atoms with van der Waals surface area (Å²) >= 11 is 1.02. The zero-order chi connectivity index (χ0) is 14.1. The van der Waals surface area contributed by atoms with E-state index in [1.54, 1.807) is 18.2 Å². The molecule has 0 aliphatic heterocycles. The van der Waals surface area contributed by atoms with E-state index in [1.807, 2.05) is 0 Å². The Balaban J connectivity index is 1.75. The number of hydrogen-bond donors (Lipinski definition) is 1.